The number of aryl methyl sites for hydroxylation is 1. The molecule has 3 N–H and O–H groups in total. The molecule has 0 saturated heterocycles. The van der Waals surface area contributed by atoms with Gasteiger partial charge in [0.25, 0.3) is 0 Å². The van der Waals surface area contributed by atoms with Crippen molar-refractivity contribution in [2.45, 2.75) is 45.3 Å². The summed E-state index contributed by atoms with van der Waals surface area (Å²) in [4.78, 5) is 11.9. The van der Waals surface area contributed by atoms with E-state index in [0.29, 0.717) is 23.6 Å². The van der Waals surface area contributed by atoms with E-state index < -0.39 is 18.6 Å². The van der Waals surface area contributed by atoms with Gasteiger partial charge in [-0.1, -0.05) is 26.0 Å². The number of rotatable bonds is 6. The Morgan fingerprint density at radius 1 is 1.32 bits per heavy atom. The van der Waals surface area contributed by atoms with Crippen LogP contribution < -0.4 is 11.1 Å². The molecule has 0 aromatic heterocycles. The largest absolute Gasteiger partial charge is 0.389 e. The lowest BCUT2D eigenvalue weighted by Crippen LogP contribution is -2.36. The number of amides is 1. The number of hydrogen-bond donors (Lipinski definition) is 2. The van der Waals surface area contributed by atoms with E-state index in [-0.39, 0.29) is 24.7 Å². The average molecular weight is 339 g/mol. The molecule has 0 spiro atoms. The normalized spacial score (nSPS) is 12.7. The fourth-order valence-electron chi connectivity index (χ4n) is 1.94. The van der Waals surface area contributed by atoms with Gasteiger partial charge in [0.1, 0.15) is 0 Å². The van der Waals surface area contributed by atoms with Crippen LogP contribution in [-0.4, -0.2) is 18.1 Å². The predicted octanol–water partition coefficient (Wildman–Crippen LogP) is 3.92. The maximum Gasteiger partial charge on any atom is 0.389 e. The van der Waals surface area contributed by atoms with Gasteiger partial charge < -0.3 is 11.1 Å². The minimum atomic E-state index is -4.18. The van der Waals surface area contributed by atoms with Crippen LogP contribution >= 0.6 is 12.4 Å². The highest BCUT2D eigenvalue weighted by Gasteiger charge is 2.26. The molecule has 1 amide bonds. The number of carbonyl (C=O) groups is 1. The van der Waals surface area contributed by atoms with Gasteiger partial charge in [-0.15, -0.1) is 12.4 Å². The first-order chi connectivity index (χ1) is 9.67. The molecule has 0 heterocycles. The Balaban J connectivity index is 0.00000441. The number of anilines is 1. The van der Waals surface area contributed by atoms with Crippen molar-refractivity contribution >= 4 is 24.0 Å². The number of carbonyl (C=O) groups excluding carboxylic acids is 1. The molecule has 0 radical (unpaired) electrons. The highest BCUT2D eigenvalue weighted by atomic mass is 35.5. The Labute approximate surface area is 134 Å². The number of nitrogens with one attached hydrogen (secondary N) is 1. The van der Waals surface area contributed by atoms with Crippen molar-refractivity contribution in [3.05, 3.63) is 29.8 Å². The van der Waals surface area contributed by atoms with Crippen molar-refractivity contribution < 1.29 is 18.0 Å². The van der Waals surface area contributed by atoms with E-state index >= 15 is 0 Å². The molecule has 22 heavy (non-hydrogen) atoms. The number of nitrogens with two attached hydrogens (primary N) is 1. The van der Waals surface area contributed by atoms with Crippen LogP contribution in [0.5, 0.6) is 0 Å². The molecule has 0 saturated carbocycles. The molecule has 0 aliphatic carbocycles. The molecule has 1 aromatic carbocycles. The van der Waals surface area contributed by atoms with Gasteiger partial charge in [0.15, 0.2) is 0 Å². The van der Waals surface area contributed by atoms with Gasteiger partial charge in [-0.05, 0) is 36.5 Å². The Kier molecular flexibility index (Phi) is 8.48. The lowest BCUT2D eigenvalue weighted by atomic mass is 10.0. The highest BCUT2D eigenvalue weighted by molar-refractivity contribution is 5.94. The minimum Gasteiger partial charge on any atom is -0.325 e. The maximum atomic E-state index is 12.2. The van der Waals surface area contributed by atoms with Gasteiger partial charge in [-0.25, -0.2) is 0 Å². The smallest absolute Gasteiger partial charge is 0.325 e. The third kappa shape index (κ3) is 8.24. The minimum absolute atomic E-state index is 0. The molecule has 126 valence electrons. The molecule has 1 rings (SSSR count). The lowest BCUT2D eigenvalue weighted by Gasteiger charge is -2.14. The summed E-state index contributed by atoms with van der Waals surface area (Å²) in [6, 6.07) is 5.79. The summed E-state index contributed by atoms with van der Waals surface area (Å²) in [5.74, 6) is -0.0273. The van der Waals surface area contributed by atoms with Crippen LogP contribution in [0.1, 0.15) is 32.3 Å². The Bertz CT molecular complexity index is 478. The van der Waals surface area contributed by atoms with Crippen molar-refractivity contribution in [1.29, 1.82) is 0 Å². The second-order valence-corrected chi connectivity index (χ2v) is 5.54. The molecule has 1 atom stereocenters. The first-order valence-corrected chi connectivity index (χ1v) is 6.89. The quantitative estimate of drug-likeness (QED) is 0.826. The zero-order valence-corrected chi connectivity index (χ0v) is 13.4. The van der Waals surface area contributed by atoms with E-state index in [9.17, 15) is 18.0 Å². The predicted molar refractivity (Wildman–Crippen MR) is 84.1 cm³/mol. The van der Waals surface area contributed by atoms with Crippen molar-refractivity contribution in [2.24, 2.45) is 11.7 Å². The Morgan fingerprint density at radius 2 is 1.95 bits per heavy atom. The summed E-state index contributed by atoms with van der Waals surface area (Å²) >= 11 is 0. The van der Waals surface area contributed by atoms with E-state index in [1.54, 1.807) is 24.3 Å². The summed E-state index contributed by atoms with van der Waals surface area (Å²) in [7, 11) is 0. The molecule has 0 aliphatic rings. The highest BCUT2D eigenvalue weighted by Crippen LogP contribution is 2.23. The van der Waals surface area contributed by atoms with E-state index in [1.165, 1.54) is 0 Å². The molecule has 3 nitrogen and oxygen atoms in total. The third-order valence-corrected chi connectivity index (χ3v) is 2.95. The second-order valence-electron chi connectivity index (χ2n) is 5.54. The molecule has 0 bridgehead atoms. The summed E-state index contributed by atoms with van der Waals surface area (Å²) in [5, 5.41) is 2.64. The van der Waals surface area contributed by atoms with Crippen LogP contribution in [0.2, 0.25) is 0 Å². The van der Waals surface area contributed by atoms with Crippen molar-refractivity contribution in [1.82, 2.24) is 0 Å². The lowest BCUT2D eigenvalue weighted by molar-refractivity contribution is -0.134. The van der Waals surface area contributed by atoms with Crippen LogP contribution in [-0.2, 0) is 11.2 Å². The SMILES string of the molecule is CC(C)C[C@H](N)C(=O)Nc1cccc(CCC(F)(F)F)c1.Cl. The molecular weight excluding hydrogens is 317 g/mol. The summed E-state index contributed by atoms with van der Waals surface area (Å²) in [5.41, 5.74) is 6.76. The van der Waals surface area contributed by atoms with Gasteiger partial charge in [0.05, 0.1) is 6.04 Å². The van der Waals surface area contributed by atoms with Crippen LogP contribution in [0.25, 0.3) is 0 Å². The van der Waals surface area contributed by atoms with Crippen LogP contribution in [0.3, 0.4) is 0 Å². The van der Waals surface area contributed by atoms with Crippen molar-refractivity contribution in [3.63, 3.8) is 0 Å². The summed E-state index contributed by atoms with van der Waals surface area (Å²) < 4.78 is 36.6. The molecule has 0 aliphatic heterocycles. The second kappa shape index (κ2) is 9.00. The standard InChI is InChI=1S/C15H21F3N2O.ClH/c1-10(2)8-13(19)14(21)20-12-5-3-4-11(9-12)6-7-15(16,17)18;/h3-5,9-10,13H,6-8,19H2,1-2H3,(H,20,21);1H/t13-;/m0./s1. The first-order valence-electron chi connectivity index (χ1n) is 6.89. The monoisotopic (exact) mass is 338 g/mol. The van der Waals surface area contributed by atoms with E-state index in [1.807, 2.05) is 13.8 Å². The van der Waals surface area contributed by atoms with Crippen LogP contribution in [0.4, 0.5) is 18.9 Å². The maximum absolute atomic E-state index is 12.2. The van der Waals surface area contributed by atoms with Gasteiger partial charge in [-0.2, -0.15) is 13.2 Å². The zero-order chi connectivity index (χ0) is 16.0. The number of halogens is 4. The van der Waals surface area contributed by atoms with Gasteiger partial charge in [-0.3, -0.25) is 4.79 Å². The van der Waals surface area contributed by atoms with E-state index in [4.69, 9.17) is 5.73 Å². The third-order valence-electron chi connectivity index (χ3n) is 2.95. The topological polar surface area (TPSA) is 55.1 Å². The molecular formula is C15H22ClF3N2O. The molecule has 7 heteroatoms. The van der Waals surface area contributed by atoms with Crippen LogP contribution in [0.15, 0.2) is 24.3 Å². The van der Waals surface area contributed by atoms with Gasteiger partial charge >= 0.3 is 6.18 Å². The molecule has 0 unspecified atom stereocenters. The van der Waals surface area contributed by atoms with E-state index in [2.05, 4.69) is 5.32 Å². The fourth-order valence-corrected chi connectivity index (χ4v) is 1.94. The first kappa shape index (κ1) is 20.7. The zero-order valence-electron chi connectivity index (χ0n) is 12.6. The summed E-state index contributed by atoms with van der Waals surface area (Å²) in [6.45, 7) is 3.93. The Hall–Kier alpha value is -1.27. The van der Waals surface area contributed by atoms with Crippen molar-refractivity contribution in [2.75, 3.05) is 5.32 Å². The number of hydrogen-bond acceptors (Lipinski definition) is 2. The molecule has 0 fully saturated rings. The molecule has 1 aromatic rings. The van der Waals surface area contributed by atoms with E-state index in [0.717, 1.165) is 0 Å². The van der Waals surface area contributed by atoms with Gasteiger partial charge in [0, 0.05) is 12.1 Å². The van der Waals surface area contributed by atoms with Crippen molar-refractivity contribution in [3.8, 4) is 0 Å². The Morgan fingerprint density at radius 3 is 2.50 bits per heavy atom. The average Bonchev–Trinajstić information content (AvgIpc) is 2.35. The number of alkyl halides is 3. The number of benzene rings is 1. The van der Waals surface area contributed by atoms with Gasteiger partial charge in [0.2, 0.25) is 5.91 Å². The van der Waals surface area contributed by atoms with Crippen LogP contribution in [0, 0.1) is 5.92 Å². The summed E-state index contributed by atoms with van der Waals surface area (Å²) in [6.07, 6.45) is -4.61. The fraction of sp³-hybridized carbons (Fsp3) is 0.533.